The van der Waals surface area contributed by atoms with Crippen LogP contribution in [-0.2, 0) is 4.79 Å². The maximum atomic E-state index is 12.9. The van der Waals surface area contributed by atoms with Crippen molar-refractivity contribution in [3.8, 4) is 0 Å². The van der Waals surface area contributed by atoms with Crippen LogP contribution in [0.5, 0.6) is 0 Å². The van der Waals surface area contributed by atoms with E-state index in [0.717, 1.165) is 20.8 Å². The first-order valence-corrected chi connectivity index (χ1v) is 11.7. The molecule has 5 rings (SSSR count). The van der Waals surface area contributed by atoms with Gasteiger partial charge in [0.15, 0.2) is 11.6 Å². The lowest BCUT2D eigenvalue weighted by Gasteiger charge is -2.18. The van der Waals surface area contributed by atoms with Gasteiger partial charge in [0.1, 0.15) is 16.2 Å². The van der Waals surface area contributed by atoms with Gasteiger partial charge >= 0.3 is 0 Å². The molecule has 0 bridgehead atoms. The molecular weight excluding hydrogens is 442 g/mol. The molecule has 1 aliphatic rings. The number of anilines is 1. The molecule has 0 fully saturated rings. The second-order valence-corrected chi connectivity index (χ2v) is 9.61. The van der Waals surface area contributed by atoms with Crippen LogP contribution >= 0.6 is 23.1 Å². The molecule has 0 unspecified atom stereocenters. The van der Waals surface area contributed by atoms with Crippen LogP contribution in [0.4, 0.5) is 5.69 Å². The Morgan fingerprint density at radius 2 is 1.66 bits per heavy atom. The van der Waals surface area contributed by atoms with E-state index in [1.165, 1.54) is 23.0 Å². The molecule has 2 heterocycles. The SMILES string of the molecule is Cc1sc2ncnc(SCC(=O)Nc3ccc4c(c3)C(=O)c3ccccc3C4=O)c2c1C. The Hall–Kier alpha value is -3.36. The van der Waals surface area contributed by atoms with Crippen molar-refractivity contribution in [3.05, 3.63) is 81.5 Å². The Morgan fingerprint density at radius 3 is 2.41 bits per heavy atom. The average Bonchev–Trinajstić information content (AvgIpc) is 3.10. The van der Waals surface area contributed by atoms with Crippen LogP contribution in [-0.4, -0.2) is 33.2 Å². The smallest absolute Gasteiger partial charge is 0.234 e. The third kappa shape index (κ3) is 3.41. The molecule has 2 aromatic heterocycles. The number of ketones is 2. The van der Waals surface area contributed by atoms with E-state index in [0.29, 0.717) is 27.9 Å². The zero-order chi connectivity index (χ0) is 22.4. The van der Waals surface area contributed by atoms with Crippen LogP contribution in [0.15, 0.2) is 53.8 Å². The third-order valence-corrected chi connectivity index (χ3v) is 7.58. The van der Waals surface area contributed by atoms with Gasteiger partial charge in [-0.1, -0.05) is 36.0 Å². The van der Waals surface area contributed by atoms with Crippen molar-refractivity contribution in [1.82, 2.24) is 9.97 Å². The number of hydrogen-bond acceptors (Lipinski definition) is 7. The van der Waals surface area contributed by atoms with Crippen molar-refractivity contribution < 1.29 is 14.4 Å². The van der Waals surface area contributed by atoms with Crippen LogP contribution in [0.1, 0.15) is 42.3 Å². The molecule has 6 nitrogen and oxygen atoms in total. The van der Waals surface area contributed by atoms with Gasteiger partial charge in [0.2, 0.25) is 5.91 Å². The maximum absolute atomic E-state index is 12.9. The summed E-state index contributed by atoms with van der Waals surface area (Å²) in [6.07, 6.45) is 1.52. The number of benzene rings is 2. The minimum absolute atomic E-state index is 0.160. The van der Waals surface area contributed by atoms with Gasteiger partial charge in [-0.25, -0.2) is 9.97 Å². The maximum Gasteiger partial charge on any atom is 0.234 e. The Bertz CT molecular complexity index is 1440. The minimum Gasteiger partial charge on any atom is -0.325 e. The number of rotatable bonds is 4. The molecule has 1 amide bonds. The summed E-state index contributed by atoms with van der Waals surface area (Å²) in [6.45, 7) is 4.08. The largest absolute Gasteiger partial charge is 0.325 e. The highest BCUT2D eigenvalue weighted by molar-refractivity contribution is 8.00. The lowest BCUT2D eigenvalue weighted by atomic mass is 9.84. The number of aryl methyl sites for hydroxylation is 2. The Labute approximate surface area is 192 Å². The standard InChI is InChI=1S/C24H17N3O3S2/c1-12-13(2)32-24-20(12)23(25-11-26-24)31-10-19(28)27-14-7-8-17-18(9-14)22(30)16-6-4-3-5-15(16)21(17)29/h3-9,11H,10H2,1-2H3,(H,27,28). The molecule has 0 atom stereocenters. The first kappa shape index (κ1) is 20.5. The monoisotopic (exact) mass is 459 g/mol. The molecule has 158 valence electrons. The third-order valence-electron chi connectivity index (χ3n) is 5.48. The summed E-state index contributed by atoms with van der Waals surface area (Å²) in [5.74, 6) is -0.459. The summed E-state index contributed by atoms with van der Waals surface area (Å²) in [5, 5.41) is 4.59. The molecule has 2 aromatic carbocycles. The van der Waals surface area contributed by atoms with Gasteiger partial charge in [0, 0.05) is 38.2 Å². The normalized spacial score (nSPS) is 12.6. The zero-order valence-electron chi connectivity index (χ0n) is 17.3. The summed E-state index contributed by atoms with van der Waals surface area (Å²) in [5.41, 5.74) is 3.07. The molecule has 0 spiro atoms. The predicted molar refractivity (Wildman–Crippen MR) is 126 cm³/mol. The van der Waals surface area contributed by atoms with Gasteiger partial charge in [-0.15, -0.1) is 11.3 Å². The predicted octanol–water partition coefficient (Wildman–Crippen LogP) is 4.81. The van der Waals surface area contributed by atoms with E-state index in [4.69, 9.17) is 0 Å². The van der Waals surface area contributed by atoms with Crippen molar-refractivity contribution in [2.75, 3.05) is 11.1 Å². The van der Waals surface area contributed by atoms with E-state index in [-0.39, 0.29) is 23.2 Å². The second kappa shape index (κ2) is 7.96. The summed E-state index contributed by atoms with van der Waals surface area (Å²) >= 11 is 2.96. The van der Waals surface area contributed by atoms with Crippen LogP contribution in [0, 0.1) is 13.8 Å². The van der Waals surface area contributed by atoms with Gasteiger partial charge in [-0.2, -0.15) is 0 Å². The van der Waals surface area contributed by atoms with Crippen LogP contribution < -0.4 is 5.32 Å². The highest BCUT2D eigenvalue weighted by atomic mass is 32.2. The number of aromatic nitrogens is 2. The van der Waals surface area contributed by atoms with Gasteiger partial charge in [-0.05, 0) is 37.6 Å². The van der Waals surface area contributed by atoms with Crippen molar-refractivity contribution in [2.45, 2.75) is 18.9 Å². The van der Waals surface area contributed by atoms with Gasteiger partial charge in [0.25, 0.3) is 0 Å². The van der Waals surface area contributed by atoms with Crippen molar-refractivity contribution in [3.63, 3.8) is 0 Å². The lowest BCUT2D eigenvalue weighted by Crippen LogP contribution is -2.21. The van der Waals surface area contributed by atoms with Gasteiger partial charge < -0.3 is 5.32 Å². The van der Waals surface area contributed by atoms with E-state index < -0.39 is 0 Å². The van der Waals surface area contributed by atoms with Crippen molar-refractivity contribution >= 4 is 56.5 Å². The molecule has 1 aliphatic carbocycles. The Morgan fingerprint density at radius 1 is 0.969 bits per heavy atom. The number of hydrogen-bond donors (Lipinski definition) is 1. The Balaban J connectivity index is 1.34. The Kier molecular flexibility index (Phi) is 5.11. The van der Waals surface area contributed by atoms with Crippen molar-refractivity contribution in [2.24, 2.45) is 0 Å². The fourth-order valence-electron chi connectivity index (χ4n) is 3.77. The molecule has 0 aliphatic heterocycles. The highest BCUT2D eigenvalue weighted by Crippen LogP contribution is 2.34. The lowest BCUT2D eigenvalue weighted by molar-refractivity contribution is -0.113. The molecule has 1 N–H and O–H groups in total. The average molecular weight is 460 g/mol. The van der Waals surface area contributed by atoms with E-state index in [9.17, 15) is 14.4 Å². The number of thioether (sulfide) groups is 1. The van der Waals surface area contributed by atoms with E-state index in [1.54, 1.807) is 53.8 Å². The van der Waals surface area contributed by atoms with E-state index in [1.807, 2.05) is 13.8 Å². The summed E-state index contributed by atoms with van der Waals surface area (Å²) in [4.78, 5) is 49.0. The number of nitrogens with zero attached hydrogens (tertiary/aromatic N) is 2. The van der Waals surface area contributed by atoms with Crippen LogP contribution in [0.25, 0.3) is 10.2 Å². The molecule has 8 heteroatoms. The summed E-state index contributed by atoms with van der Waals surface area (Å²) in [6, 6.07) is 11.6. The first-order valence-electron chi connectivity index (χ1n) is 9.90. The van der Waals surface area contributed by atoms with Crippen LogP contribution in [0.2, 0.25) is 0 Å². The minimum atomic E-state index is -0.221. The quantitative estimate of drug-likeness (QED) is 0.306. The molecule has 4 aromatic rings. The summed E-state index contributed by atoms with van der Waals surface area (Å²) < 4.78 is 0. The molecule has 32 heavy (non-hydrogen) atoms. The van der Waals surface area contributed by atoms with Gasteiger partial charge in [0.05, 0.1) is 5.75 Å². The second-order valence-electron chi connectivity index (χ2n) is 7.44. The topological polar surface area (TPSA) is 89.0 Å². The number of carbonyl (C=O) groups excluding carboxylic acids is 3. The highest BCUT2D eigenvalue weighted by Gasteiger charge is 2.29. The number of amides is 1. The zero-order valence-corrected chi connectivity index (χ0v) is 18.9. The number of fused-ring (bicyclic) bond motifs is 3. The molecular formula is C24H17N3O3S2. The number of nitrogens with one attached hydrogen (secondary N) is 1. The molecule has 0 saturated heterocycles. The number of carbonyl (C=O) groups is 3. The van der Waals surface area contributed by atoms with Gasteiger partial charge in [-0.3, -0.25) is 14.4 Å². The number of thiophene rings is 1. The molecule has 0 radical (unpaired) electrons. The van der Waals surface area contributed by atoms with Crippen LogP contribution in [0.3, 0.4) is 0 Å². The molecule has 0 saturated carbocycles. The fraction of sp³-hybridized carbons (Fsp3) is 0.125. The fourth-order valence-corrected chi connectivity index (χ4v) is 5.68. The first-order chi connectivity index (χ1) is 15.4. The summed E-state index contributed by atoms with van der Waals surface area (Å²) in [7, 11) is 0. The van der Waals surface area contributed by atoms with E-state index in [2.05, 4.69) is 15.3 Å². The van der Waals surface area contributed by atoms with E-state index >= 15 is 0 Å². The van der Waals surface area contributed by atoms with Crippen molar-refractivity contribution in [1.29, 1.82) is 0 Å².